The van der Waals surface area contributed by atoms with Crippen LogP contribution < -0.4 is 9.47 Å². The second-order valence-electron chi connectivity index (χ2n) is 7.78. The molecular weight excluding hydrogens is 331 g/mol. The number of hydrogen-bond acceptors (Lipinski definition) is 6. The van der Waals surface area contributed by atoms with E-state index in [1.54, 1.807) is 12.1 Å². The summed E-state index contributed by atoms with van der Waals surface area (Å²) < 4.78 is 17.3. The van der Waals surface area contributed by atoms with Gasteiger partial charge in [0.05, 0.1) is 6.61 Å². The molecule has 0 radical (unpaired) electrons. The smallest absolute Gasteiger partial charge is 0.457 e. The molecule has 2 saturated carbocycles. The van der Waals surface area contributed by atoms with Crippen LogP contribution in [0.25, 0.3) is 0 Å². The molecule has 1 aromatic rings. The molecule has 3 aliphatic rings. The van der Waals surface area contributed by atoms with Crippen LogP contribution in [0.3, 0.4) is 0 Å². The fourth-order valence-corrected chi connectivity index (χ4v) is 4.49. The molecule has 3 fully saturated rings. The quantitative estimate of drug-likeness (QED) is 0.817. The molecular formula is C19H25BN2O4. The Morgan fingerprint density at radius 2 is 2.12 bits per heavy atom. The van der Waals surface area contributed by atoms with Gasteiger partial charge in [-0.2, -0.15) is 10.2 Å². The number of nitrogens with zero attached hydrogens (tertiary/aromatic N) is 2. The van der Waals surface area contributed by atoms with E-state index in [0.717, 1.165) is 19.3 Å². The zero-order valence-electron chi connectivity index (χ0n) is 15.0. The molecule has 2 aliphatic carbocycles. The topological polar surface area (TPSA) is 84.6 Å². The highest BCUT2D eigenvalue weighted by Gasteiger charge is 2.44. The summed E-state index contributed by atoms with van der Waals surface area (Å²) in [7, 11) is -0.621. The predicted octanol–water partition coefficient (Wildman–Crippen LogP) is 2.95. The van der Waals surface area contributed by atoms with Crippen molar-refractivity contribution in [2.75, 3.05) is 13.2 Å². The highest BCUT2D eigenvalue weighted by Crippen LogP contribution is 2.42. The maximum Gasteiger partial charge on any atom is 0.457 e. The van der Waals surface area contributed by atoms with E-state index in [4.69, 9.17) is 14.1 Å². The first kappa shape index (κ1) is 17.6. The maximum atomic E-state index is 9.82. The Labute approximate surface area is 154 Å². The van der Waals surface area contributed by atoms with Crippen LogP contribution in [-0.4, -0.2) is 36.4 Å². The first-order valence-corrected chi connectivity index (χ1v) is 9.73. The van der Waals surface area contributed by atoms with Crippen molar-refractivity contribution in [2.45, 2.75) is 56.9 Å². The van der Waals surface area contributed by atoms with Crippen LogP contribution in [0.2, 0.25) is 5.82 Å². The van der Waals surface area contributed by atoms with Crippen LogP contribution in [0, 0.1) is 23.2 Å². The van der Waals surface area contributed by atoms with E-state index >= 15 is 0 Å². The summed E-state index contributed by atoms with van der Waals surface area (Å²) in [6.07, 6.45) is 7.61. The van der Waals surface area contributed by atoms with Crippen LogP contribution in [0.1, 0.15) is 50.5 Å². The fraction of sp³-hybridized carbons (Fsp3) is 0.684. The summed E-state index contributed by atoms with van der Waals surface area (Å²) in [5.74, 6) is 2.03. The lowest BCUT2D eigenvalue weighted by Crippen LogP contribution is -2.31. The minimum Gasteiger partial charge on any atom is -0.476 e. The second kappa shape index (κ2) is 7.85. The van der Waals surface area contributed by atoms with E-state index in [9.17, 15) is 10.3 Å². The minimum absolute atomic E-state index is 0.0632. The Morgan fingerprint density at radius 3 is 2.92 bits per heavy atom. The van der Waals surface area contributed by atoms with Crippen molar-refractivity contribution in [2.24, 2.45) is 11.8 Å². The predicted molar refractivity (Wildman–Crippen MR) is 95.8 cm³/mol. The van der Waals surface area contributed by atoms with Gasteiger partial charge in [0.2, 0.25) is 11.8 Å². The summed E-state index contributed by atoms with van der Waals surface area (Å²) in [5.41, 5.74) is 0.450. The Bertz CT molecular complexity index is 674. The summed E-state index contributed by atoms with van der Waals surface area (Å²) >= 11 is 0. The lowest BCUT2D eigenvalue weighted by atomic mass is 9.62. The van der Waals surface area contributed by atoms with Gasteiger partial charge in [0, 0.05) is 12.7 Å². The van der Waals surface area contributed by atoms with Crippen LogP contribution >= 0.6 is 0 Å². The lowest BCUT2D eigenvalue weighted by Gasteiger charge is -2.30. The zero-order valence-corrected chi connectivity index (χ0v) is 15.0. The van der Waals surface area contributed by atoms with E-state index in [1.165, 1.54) is 25.7 Å². The number of aromatic nitrogens is 1. The van der Waals surface area contributed by atoms with E-state index in [-0.39, 0.29) is 11.9 Å². The number of pyridine rings is 1. The van der Waals surface area contributed by atoms with Crippen LogP contribution in [0.5, 0.6) is 11.8 Å². The molecule has 1 aliphatic heterocycles. The molecule has 3 atom stereocenters. The van der Waals surface area contributed by atoms with Crippen LogP contribution in [0.4, 0.5) is 0 Å². The SMILES string of the molecule is N#Cc1ccc(OC2CCC3B(O)OCC3C2)nc1OCC1CCCC1. The minimum atomic E-state index is -0.621. The molecule has 0 bridgehead atoms. The van der Waals surface area contributed by atoms with Gasteiger partial charge in [-0.3, -0.25) is 0 Å². The fourth-order valence-electron chi connectivity index (χ4n) is 4.49. The van der Waals surface area contributed by atoms with Crippen molar-refractivity contribution in [1.82, 2.24) is 4.98 Å². The maximum absolute atomic E-state index is 9.82. The van der Waals surface area contributed by atoms with Gasteiger partial charge in [0.15, 0.2) is 0 Å². The Balaban J connectivity index is 1.38. The van der Waals surface area contributed by atoms with Crippen molar-refractivity contribution < 1.29 is 19.2 Å². The molecule has 4 rings (SSSR count). The highest BCUT2D eigenvalue weighted by molar-refractivity contribution is 6.45. The third-order valence-electron chi connectivity index (χ3n) is 6.01. The van der Waals surface area contributed by atoms with Crippen molar-refractivity contribution in [3.63, 3.8) is 0 Å². The Hall–Kier alpha value is -1.78. The van der Waals surface area contributed by atoms with Gasteiger partial charge in [-0.05, 0) is 55.8 Å². The highest BCUT2D eigenvalue weighted by atomic mass is 16.5. The number of hydrogen-bond donors (Lipinski definition) is 1. The van der Waals surface area contributed by atoms with E-state index in [2.05, 4.69) is 11.1 Å². The largest absolute Gasteiger partial charge is 0.476 e. The van der Waals surface area contributed by atoms with Crippen molar-refractivity contribution in [3.05, 3.63) is 17.7 Å². The second-order valence-corrected chi connectivity index (χ2v) is 7.78. The van der Waals surface area contributed by atoms with Gasteiger partial charge in [-0.25, -0.2) is 0 Å². The van der Waals surface area contributed by atoms with Crippen LogP contribution in [-0.2, 0) is 4.65 Å². The number of rotatable bonds is 5. The van der Waals surface area contributed by atoms with Gasteiger partial charge in [-0.15, -0.1) is 0 Å². The first-order valence-electron chi connectivity index (χ1n) is 9.73. The van der Waals surface area contributed by atoms with Crippen molar-refractivity contribution in [3.8, 4) is 17.8 Å². The van der Waals surface area contributed by atoms with E-state index < -0.39 is 7.12 Å². The number of nitriles is 1. The molecule has 0 spiro atoms. The molecule has 138 valence electrons. The molecule has 3 unspecified atom stereocenters. The third kappa shape index (κ3) is 3.82. The third-order valence-corrected chi connectivity index (χ3v) is 6.01. The van der Waals surface area contributed by atoms with Gasteiger partial charge < -0.3 is 19.2 Å². The van der Waals surface area contributed by atoms with Crippen molar-refractivity contribution in [1.29, 1.82) is 5.26 Å². The van der Waals surface area contributed by atoms with Gasteiger partial charge >= 0.3 is 7.12 Å². The normalized spacial score (nSPS) is 28.6. The average Bonchev–Trinajstić information content (AvgIpc) is 3.30. The summed E-state index contributed by atoms with van der Waals surface area (Å²) in [4.78, 5) is 4.45. The molecule has 1 saturated heterocycles. The average molecular weight is 356 g/mol. The monoisotopic (exact) mass is 356 g/mol. The van der Waals surface area contributed by atoms with Gasteiger partial charge in [0.25, 0.3) is 0 Å². The van der Waals surface area contributed by atoms with Gasteiger partial charge in [0.1, 0.15) is 17.7 Å². The van der Waals surface area contributed by atoms with E-state index in [0.29, 0.717) is 42.4 Å². The Kier molecular flexibility index (Phi) is 5.32. The molecule has 1 aromatic heterocycles. The molecule has 26 heavy (non-hydrogen) atoms. The summed E-state index contributed by atoms with van der Waals surface area (Å²) in [6, 6.07) is 5.62. The lowest BCUT2D eigenvalue weighted by molar-refractivity contribution is 0.113. The molecule has 2 heterocycles. The summed E-state index contributed by atoms with van der Waals surface area (Å²) in [6.45, 7) is 1.22. The van der Waals surface area contributed by atoms with Crippen molar-refractivity contribution >= 4 is 7.12 Å². The first-order chi connectivity index (χ1) is 12.7. The molecule has 7 heteroatoms. The molecule has 6 nitrogen and oxygen atoms in total. The summed E-state index contributed by atoms with van der Waals surface area (Å²) in [5, 5.41) is 19.1. The zero-order chi connectivity index (χ0) is 17.9. The number of fused-ring (bicyclic) bond motifs is 1. The standard InChI is InChI=1S/C19H25BN2O4/c21-10-14-5-8-18(22-19(14)24-11-13-3-1-2-4-13)26-16-6-7-17-15(9-16)12-25-20(17)23/h5,8,13,15-17,23H,1-4,6-7,9,11-12H2. The molecule has 1 N–H and O–H groups in total. The van der Waals surface area contributed by atoms with E-state index in [1.807, 2.05) is 0 Å². The van der Waals surface area contributed by atoms with Crippen LogP contribution in [0.15, 0.2) is 12.1 Å². The molecule has 0 aromatic carbocycles. The molecule has 0 amide bonds. The number of ether oxygens (including phenoxy) is 2. The van der Waals surface area contributed by atoms with Gasteiger partial charge in [-0.1, -0.05) is 12.8 Å². The Morgan fingerprint density at radius 1 is 1.27 bits per heavy atom.